The van der Waals surface area contributed by atoms with Gasteiger partial charge in [-0.2, -0.15) is 0 Å². The molecule has 0 aromatic heterocycles. The molecule has 0 aliphatic carbocycles. The van der Waals surface area contributed by atoms with Crippen LogP contribution in [-0.2, 0) is 4.74 Å². The van der Waals surface area contributed by atoms with Crippen LogP contribution in [-0.4, -0.2) is 48.7 Å². The maximum atomic E-state index is 12.8. The summed E-state index contributed by atoms with van der Waals surface area (Å²) in [7, 11) is 0. The molecule has 1 N–H and O–H groups in total. The number of fused-ring (bicyclic) bond motifs is 1. The van der Waals surface area contributed by atoms with E-state index in [9.17, 15) is 4.79 Å². The maximum absolute atomic E-state index is 12.8. The highest BCUT2D eigenvalue weighted by Gasteiger charge is 2.38. The molecule has 0 saturated carbocycles. The normalized spacial score (nSPS) is 24.8. The van der Waals surface area contributed by atoms with Crippen molar-refractivity contribution in [1.82, 2.24) is 10.2 Å². The summed E-state index contributed by atoms with van der Waals surface area (Å²) in [5.74, 6) is 1.88. The molecule has 1 amide bonds. The van der Waals surface area contributed by atoms with Gasteiger partial charge in [0.1, 0.15) is 11.5 Å². The highest BCUT2D eigenvalue weighted by Crippen LogP contribution is 2.26. The first-order chi connectivity index (χ1) is 13.6. The number of ether oxygens (including phenoxy) is 2. The SMILES string of the molecule is CC(C)[C@@H]1CN2C[C@H](NC(=O)c3cccc(Oc4ccccc4)c3)C[C@H]2CO1. The van der Waals surface area contributed by atoms with E-state index in [0.29, 0.717) is 23.3 Å². The Balaban J connectivity index is 1.36. The zero-order chi connectivity index (χ0) is 19.5. The molecule has 2 aliphatic rings. The summed E-state index contributed by atoms with van der Waals surface area (Å²) < 4.78 is 11.8. The van der Waals surface area contributed by atoms with Gasteiger partial charge in [0, 0.05) is 30.7 Å². The third kappa shape index (κ3) is 4.37. The molecule has 0 bridgehead atoms. The van der Waals surface area contributed by atoms with E-state index in [2.05, 4.69) is 24.1 Å². The molecule has 5 heteroatoms. The Morgan fingerprint density at radius 1 is 1.11 bits per heavy atom. The van der Waals surface area contributed by atoms with Crippen molar-refractivity contribution in [2.24, 2.45) is 5.92 Å². The fraction of sp³-hybridized carbons (Fsp3) is 0.435. The van der Waals surface area contributed by atoms with Crippen molar-refractivity contribution in [3.05, 3.63) is 60.2 Å². The Morgan fingerprint density at radius 3 is 2.68 bits per heavy atom. The summed E-state index contributed by atoms with van der Waals surface area (Å²) in [5, 5.41) is 3.19. The second-order valence-electron chi connectivity index (χ2n) is 8.07. The number of morpholine rings is 1. The van der Waals surface area contributed by atoms with Crippen LogP contribution in [0.1, 0.15) is 30.6 Å². The molecule has 2 heterocycles. The predicted octanol–water partition coefficient (Wildman–Crippen LogP) is 3.71. The van der Waals surface area contributed by atoms with E-state index in [-0.39, 0.29) is 18.1 Å². The molecule has 148 valence electrons. The second-order valence-corrected chi connectivity index (χ2v) is 8.07. The largest absolute Gasteiger partial charge is 0.457 e. The molecular weight excluding hydrogens is 352 g/mol. The number of benzene rings is 2. The summed E-state index contributed by atoms with van der Waals surface area (Å²) in [6.45, 7) is 7.00. The molecule has 0 unspecified atom stereocenters. The van der Waals surface area contributed by atoms with Crippen LogP contribution < -0.4 is 10.1 Å². The molecule has 4 rings (SSSR count). The molecule has 5 nitrogen and oxygen atoms in total. The summed E-state index contributed by atoms with van der Waals surface area (Å²) in [6, 6.07) is 17.5. The van der Waals surface area contributed by atoms with E-state index in [1.165, 1.54) is 0 Å². The minimum Gasteiger partial charge on any atom is -0.457 e. The Hall–Kier alpha value is -2.37. The van der Waals surface area contributed by atoms with Crippen molar-refractivity contribution < 1.29 is 14.3 Å². The van der Waals surface area contributed by atoms with Gasteiger partial charge in [0.25, 0.3) is 5.91 Å². The van der Waals surface area contributed by atoms with Crippen LogP contribution >= 0.6 is 0 Å². The molecular formula is C23H28N2O3. The summed E-state index contributed by atoms with van der Waals surface area (Å²) >= 11 is 0. The van der Waals surface area contributed by atoms with Crippen LogP contribution in [0.4, 0.5) is 0 Å². The molecule has 2 aliphatic heterocycles. The van der Waals surface area contributed by atoms with Crippen molar-refractivity contribution in [3.63, 3.8) is 0 Å². The van der Waals surface area contributed by atoms with Gasteiger partial charge >= 0.3 is 0 Å². The van der Waals surface area contributed by atoms with Gasteiger partial charge in [-0.3, -0.25) is 9.69 Å². The van der Waals surface area contributed by atoms with Gasteiger partial charge in [-0.15, -0.1) is 0 Å². The summed E-state index contributed by atoms with van der Waals surface area (Å²) in [4.78, 5) is 15.2. The Morgan fingerprint density at radius 2 is 1.89 bits per heavy atom. The lowest BCUT2D eigenvalue weighted by molar-refractivity contribution is -0.0683. The quantitative estimate of drug-likeness (QED) is 0.859. The van der Waals surface area contributed by atoms with Crippen LogP contribution in [0, 0.1) is 5.92 Å². The number of nitrogens with zero attached hydrogens (tertiary/aromatic N) is 1. The predicted molar refractivity (Wildman–Crippen MR) is 109 cm³/mol. The van der Waals surface area contributed by atoms with Crippen molar-refractivity contribution in [1.29, 1.82) is 0 Å². The van der Waals surface area contributed by atoms with E-state index in [4.69, 9.17) is 9.47 Å². The lowest BCUT2D eigenvalue weighted by Crippen LogP contribution is -2.48. The molecule has 2 saturated heterocycles. The number of carbonyl (C=O) groups is 1. The fourth-order valence-corrected chi connectivity index (χ4v) is 4.00. The third-order valence-electron chi connectivity index (χ3n) is 5.60. The van der Waals surface area contributed by atoms with Gasteiger partial charge in [0.15, 0.2) is 0 Å². The van der Waals surface area contributed by atoms with Crippen molar-refractivity contribution in [3.8, 4) is 11.5 Å². The highest BCUT2D eigenvalue weighted by atomic mass is 16.5. The van der Waals surface area contributed by atoms with E-state index in [1.807, 2.05) is 48.5 Å². The van der Waals surface area contributed by atoms with Crippen LogP contribution in [0.2, 0.25) is 0 Å². The number of para-hydroxylation sites is 1. The lowest BCUT2D eigenvalue weighted by atomic mass is 10.0. The molecule has 2 aromatic carbocycles. The molecule has 28 heavy (non-hydrogen) atoms. The monoisotopic (exact) mass is 380 g/mol. The van der Waals surface area contributed by atoms with Crippen molar-refractivity contribution >= 4 is 5.91 Å². The van der Waals surface area contributed by atoms with Crippen LogP contribution in [0.25, 0.3) is 0 Å². The molecule has 2 aromatic rings. The Kier molecular flexibility index (Phi) is 5.64. The average Bonchev–Trinajstić information content (AvgIpc) is 3.10. The first-order valence-corrected chi connectivity index (χ1v) is 10.1. The van der Waals surface area contributed by atoms with E-state index >= 15 is 0 Å². The van der Waals surface area contributed by atoms with Crippen LogP contribution in [0.15, 0.2) is 54.6 Å². The molecule has 0 spiro atoms. The van der Waals surface area contributed by atoms with Gasteiger partial charge in [-0.25, -0.2) is 0 Å². The number of rotatable bonds is 5. The fourth-order valence-electron chi connectivity index (χ4n) is 4.00. The van der Waals surface area contributed by atoms with Gasteiger partial charge in [-0.1, -0.05) is 38.1 Å². The van der Waals surface area contributed by atoms with Crippen molar-refractivity contribution in [2.75, 3.05) is 19.7 Å². The van der Waals surface area contributed by atoms with Gasteiger partial charge < -0.3 is 14.8 Å². The van der Waals surface area contributed by atoms with E-state index in [1.54, 1.807) is 6.07 Å². The van der Waals surface area contributed by atoms with Gasteiger partial charge in [-0.05, 0) is 42.7 Å². The number of hydrogen-bond acceptors (Lipinski definition) is 4. The number of amides is 1. The molecule has 3 atom stereocenters. The topological polar surface area (TPSA) is 50.8 Å². The van der Waals surface area contributed by atoms with E-state index in [0.717, 1.165) is 31.9 Å². The lowest BCUT2D eigenvalue weighted by Gasteiger charge is -2.36. The Labute approximate surface area is 166 Å². The standard InChI is InChI=1S/C23H28N2O3/c1-16(2)22-14-25-13-18(12-19(25)15-27-22)24-23(26)17-7-6-10-21(11-17)28-20-8-4-3-5-9-20/h3-11,16,18-19,22H,12-15H2,1-2H3,(H,24,26)/t18-,19+,22+/m1/s1. The highest BCUT2D eigenvalue weighted by molar-refractivity contribution is 5.94. The maximum Gasteiger partial charge on any atom is 0.251 e. The van der Waals surface area contributed by atoms with Crippen LogP contribution in [0.3, 0.4) is 0 Å². The summed E-state index contributed by atoms with van der Waals surface area (Å²) in [5.41, 5.74) is 0.620. The smallest absolute Gasteiger partial charge is 0.251 e. The van der Waals surface area contributed by atoms with Crippen LogP contribution in [0.5, 0.6) is 11.5 Å². The average molecular weight is 380 g/mol. The molecule has 0 radical (unpaired) electrons. The van der Waals surface area contributed by atoms with Gasteiger partial charge in [0.2, 0.25) is 0 Å². The minimum absolute atomic E-state index is 0.0512. The van der Waals surface area contributed by atoms with Crippen molar-refractivity contribution in [2.45, 2.75) is 38.5 Å². The first-order valence-electron chi connectivity index (χ1n) is 10.1. The molecule has 2 fully saturated rings. The Bertz CT molecular complexity index is 809. The minimum atomic E-state index is -0.0512. The second kappa shape index (κ2) is 8.33. The van der Waals surface area contributed by atoms with Gasteiger partial charge in [0.05, 0.1) is 12.7 Å². The third-order valence-corrected chi connectivity index (χ3v) is 5.60. The zero-order valence-corrected chi connectivity index (χ0v) is 16.5. The first kappa shape index (κ1) is 19.0. The summed E-state index contributed by atoms with van der Waals surface area (Å²) in [6.07, 6.45) is 1.23. The van der Waals surface area contributed by atoms with E-state index < -0.39 is 0 Å². The number of carbonyl (C=O) groups excluding carboxylic acids is 1. The number of hydrogen-bond donors (Lipinski definition) is 1. The zero-order valence-electron chi connectivity index (χ0n) is 16.5. The number of nitrogens with one attached hydrogen (secondary N) is 1.